The summed E-state index contributed by atoms with van der Waals surface area (Å²) in [7, 11) is 0. The van der Waals surface area contributed by atoms with Gasteiger partial charge in [-0.3, -0.25) is 4.79 Å². The first kappa shape index (κ1) is 22.6. The van der Waals surface area contributed by atoms with Gasteiger partial charge in [-0.25, -0.2) is 10.2 Å². The average Bonchev–Trinajstić information content (AvgIpc) is 2.72. The Morgan fingerprint density at radius 2 is 1.65 bits per heavy atom. The van der Waals surface area contributed by atoms with Crippen molar-refractivity contribution in [1.82, 2.24) is 5.43 Å². The van der Waals surface area contributed by atoms with Crippen molar-refractivity contribution in [1.29, 1.82) is 0 Å². The highest BCUT2D eigenvalue weighted by Crippen LogP contribution is 2.23. The molecule has 0 saturated carbocycles. The summed E-state index contributed by atoms with van der Waals surface area (Å²) >= 11 is 17.7. The van der Waals surface area contributed by atoms with Crippen LogP contribution in [0.4, 0.5) is 0 Å². The summed E-state index contributed by atoms with van der Waals surface area (Å²) in [6, 6.07) is 17.8. The van der Waals surface area contributed by atoms with Gasteiger partial charge in [0.1, 0.15) is 11.5 Å². The van der Waals surface area contributed by atoms with Crippen LogP contribution < -0.4 is 14.9 Å². The third-order valence-corrected chi connectivity index (χ3v) is 4.57. The molecule has 3 rings (SSSR count). The van der Waals surface area contributed by atoms with Crippen LogP contribution in [0, 0.1) is 0 Å². The summed E-state index contributed by atoms with van der Waals surface area (Å²) in [6.07, 6.45) is 1.41. The Balaban J connectivity index is 1.54. The summed E-state index contributed by atoms with van der Waals surface area (Å²) in [6.45, 7) is -0.225. The number of halogens is 3. The molecule has 0 spiro atoms. The first-order valence-corrected chi connectivity index (χ1v) is 10.0. The molecular weight excluding hydrogens is 463 g/mol. The molecule has 0 radical (unpaired) electrons. The van der Waals surface area contributed by atoms with Crippen LogP contribution in [0.5, 0.6) is 11.5 Å². The van der Waals surface area contributed by atoms with E-state index in [0.29, 0.717) is 21.4 Å². The maximum Gasteiger partial charge on any atom is 0.345 e. The maximum absolute atomic E-state index is 12.3. The van der Waals surface area contributed by atoms with Crippen LogP contribution in [0.3, 0.4) is 0 Å². The topological polar surface area (TPSA) is 77.0 Å². The minimum Gasteiger partial charge on any atom is -0.484 e. The molecule has 158 valence electrons. The van der Waals surface area contributed by atoms with Crippen molar-refractivity contribution in [2.45, 2.75) is 0 Å². The van der Waals surface area contributed by atoms with Crippen LogP contribution in [0.2, 0.25) is 15.1 Å². The number of rotatable bonds is 7. The summed E-state index contributed by atoms with van der Waals surface area (Å²) in [4.78, 5) is 24.2. The second-order valence-corrected chi connectivity index (χ2v) is 7.41. The van der Waals surface area contributed by atoms with Crippen LogP contribution >= 0.6 is 34.8 Å². The van der Waals surface area contributed by atoms with Crippen LogP contribution in [-0.2, 0) is 4.79 Å². The molecule has 6 nitrogen and oxygen atoms in total. The molecular formula is C22H15Cl3N2O4. The number of nitrogens with zero attached hydrogens (tertiary/aromatic N) is 1. The molecule has 9 heteroatoms. The molecule has 0 aliphatic carbocycles. The Kier molecular flexibility index (Phi) is 7.89. The van der Waals surface area contributed by atoms with Crippen LogP contribution in [0.15, 0.2) is 71.8 Å². The summed E-state index contributed by atoms with van der Waals surface area (Å²) < 4.78 is 10.7. The number of nitrogens with one attached hydrogen (secondary N) is 1. The van der Waals surface area contributed by atoms with Crippen molar-refractivity contribution in [2.24, 2.45) is 5.10 Å². The van der Waals surface area contributed by atoms with E-state index < -0.39 is 11.9 Å². The fraction of sp³-hybridized carbons (Fsp3) is 0.0455. The third-order valence-electron chi connectivity index (χ3n) is 3.79. The molecule has 3 aromatic carbocycles. The SMILES string of the molecule is O=C(COc1cccc(Cl)c1)NN=Cc1cccc(OC(=O)c2ccc(Cl)cc2Cl)c1. The molecule has 0 unspecified atom stereocenters. The van der Waals surface area contributed by atoms with Gasteiger partial charge in [0, 0.05) is 10.0 Å². The standard InChI is InChI=1S/C22H15Cl3N2O4/c23-15-4-2-5-17(10-15)30-13-21(28)27-26-12-14-3-1-6-18(9-14)31-22(29)19-8-7-16(24)11-20(19)25/h1-12H,13H2,(H,27,28). The zero-order valence-electron chi connectivity index (χ0n) is 15.8. The zero-order valence-corrected chi connectivity index (χ0v) is 18.1. The van der Waals surface area contributed by atoms with Gasteiger partial charge in [-0.05, 0) is 54.1 Å². The molecule has 3 aromatic rings. The van der Waals surface area contributed by atoms with Crippen molar-refractivity contribution >= 4 is 52.9 Å². The lowest BCUT2D eigenvalue weighted by atomic mass is 10.2. The zero-order chi connectivity index (χ0) is 22.2. The number of amides is 1. The molecule has 0 fully saturated rings. The fourth-order valence-electron chi connectivity index (χ4n) is 2.39. The van der Waals surface area contributed by atoms with Crippen LogP contribution in [0.25, 0.3) is 0 Å². The van der Waals surface area contributed by atoms with Crippen molar-refractivity contribution in [3.8, 4) is 11.5 Å². The molecule has 0 aliphatic rings. The molecule has 0 aromatic heterocycles. The number of hydrogen-bond acceptors (Lipinski definition) is 5. The van der Waals surface area contributed by atoms with Gasteiger partial charge in [-0.15, -0.1) is 0 Å². The fourth-order valence-corrected chi connectivity index (χ4v) is 3.06. The van der Waals surface area contributed by atoms with E-state index in [1.54, 1.807) is 54.6 Å². The average molecular weight is 478 g/mol. The highest BCUT2D eigenvalue weighted by atomic mass is 35.5. The second kappa shape index (κ2) is 10.8. The molecule has 0 bridgehead atoms. The Bertz CT molecular complexity index is 1140. The number of carbonyl (C=O) groups is 2. The molecule has 0 heterocycles. The van der Waals surface area contributed by atoms with E-state index in [9.17, 15) is 9.59 Å². The van der Waals surface area contributed by atoms with Gasteiger partial charge in [-0.2, -0.15) is 5.10 Å². The van der Waals surface area contributed by atoms with Gasteiger partial charge < -0.3 is 9.47 Å². The van der Waals surface area contributed by atoms with Crippen molar-refractivity contribution in [3.63, 3.8) is 0 Å². The van der Waals surface area contributed by atoms with E-state index in [2.05, 4.69) is 10.5 Å². The quantitative estimate of drug-likeness (QED) is 0.214. The van der Waals surface area contributed by atoms with Crippen molar-refractivity contribution in [2.75, 3.05) is 6.61 Å². The molecule has 0 atom stereocenters. The third kappa shape index (κ3) is 7.00. The monoisotopic (exact) mass is 476 g/mol. The van der Waals surface area contributed by atoms with E-state index in [1.807, 2.05) is 0 Å². The Hall–Kier alpha value is -3.06. The predicted molar refractivity (Wildman–Crippen MR) is 121 cm³/mol. The summed E-state index contributed by atoms with van der Waals surface area (Å²) in [5, 5.41) is 4.98. The first-order chi connectivity index (χ1) is 14.9. The lowest BCUT2D eigenvalue weighted by molar-refractivity contribution is -0.123. The smallest absolute Gasteiger partial charge is 0.345 e. The highest BCUT2D eigenvalue weighted by Gasteiger charge is 2.13. The Morgan fingerprint density at radius 3 is 2.42 bits per heavy atom. The first-order valence-electron chi connectivity index (χ1n) is 8.88. The highest BCUT2D eigenvalue weighted by molar-refractivity contribution is 6.36. The van der Waals surface area contributed by atoms with Gasteiger partial charge in [0.25, 0.3) is 5.91 Å². The minimum absolute atomic E-state index is 0.192. The van der Waals surface area contributed by atoms with Crippen LogP contribution in [-0.4, -0.2) is 24.7 Å². The largest absolute Gasteiger partial charge is 0.484 e. The normalized spacial score (nSPS) is 10.7. The molecule has 1 N–H and O–H groups in total. The summed E-state index contributed by atoms with van der Waals surface area (Å²) in [5.41, 5.74) is 3.14. The van der Waals surface area contributed by atoms with E-state index in [-0.39, 0.29) is 22.9 Å². The Morgan fingerprint density at radius 1 is 0.903 bits per heavy atom. The van der Waals surface area contributed by atoms with Gasteiger partial charge in [0.2, 0.25) is 0 Å². The van der Waals surface area contributed by atoms with Crippen molar-refractivity contribution < 1.29 is 19.1 Å². The van der Waals surface area contributed by atoms with Crippen molar-refractivity contribution in [3.05, 3.63) is 92.9 Å². The van der Waals surface area contributed by atoms with E-state index in [1.165, 1.54) is 18.3 Å². The number of benzene rings is 3. The minimum atomic E-state index is -0.623. The van der Waals surface area contributed by atoms with E-state index >= 15 is 0 Å². The Labute approximate surface area is 193 Å². The lowest BCUT2D eigenvalue weighted by Crippen LogP contribution is -2.24. The van der Waals surface area contributed by atoms with E-state index in [0.717, 1.165) is 0 Å². The molecule has 31 heavy (non-hydrogen) atoms. The number of hydrazone groups is 1. The van der Waals surface area contributed by atoms with E-state index in [4.69, 9.17) is 44.3 Å². The molecule has 1 amide bonds. The molecule has 0 aliphatic heterocycles. The predicted octanol–water partition coefficient (Wildman–Crippen LogP) is 5.40. The number of esters is 1. The second-order valence-electron chi connectivity index (χ2n) is 6.13. The summed E-state index contributed by atoms with van der Waals surface area (Å²) in [5.74, 6) is -0.309. The maximum atomic E-state index is 12.3. The number of ether oxygens (including phenoxy) is 2. The van der Waals surface area contributed by atoms with Gasteiger partial charge in [0.15, 0.2) is 6.61 Å². The van der Waals surface area contributed by atoms with Gasteiger partial charge >= 0.3 is 5.97 Å². The van der Waals surface area contributed by atoms with Gasteiger partial charge in [0.05, 0.1) is 16.8 Å². The van der Waals surface area contributed by atoms with Crippen LogP contribution in [0.1, 0.15) is 15.9 Å². The number of carbonyl (C=O) groups excluding carboxylic acids is 2. The lowest BCUT2D eigenvalue weighted by Gasteiger charge is -2.07. The van der Waals surface area contributed by atoms with Gasteiger partial charge in [-0.1, -0.05) is 53.0 Å². The molecule has 0 saturated heterocycles. The number of hydrogen-bond donors (Lipinski definition) is 1.